The molecule has 0 rings (SSSR count). The van der Waals surface area contributed by atoms with Crippen molar-refractivity contribution in [1.29, 1.82) is 0 Å². The first-order chi connectivity index (χ1) is 12.7. The van der Waals surface area contributed by atoms with Gasteiger partial charge in [-0.15, -0.1) is 0 Å². The van der Waals surface area contributed by atoms with Crippen LogP contribution in [0.4, 0.5) is 0 Å². The van der Waals surface area contributed by atoms with E-state index in [0.29, 0.717) is 17.4 Å². The lowest BCUT2D eigenvalue weighted by Gasteiger charge is -2.29. The number of nitrogens with zero attached hydrogens (tertiary/aromatic N) is 1. The van der Waals surface area contributed by atoms with E-state index in [4.69, 9.17) is 4.74 Å². The van der Waals surface area contributed by atoms with Crippen LogP contribution in [0.1, 0.15) is 84.0 Å². The number of aliphatic carboxylic acids is 1. The Bertz CT molecular complexity index is 427. The first-order valence-electron chi connectivity index (χ1n) is 10.6. The van der Waals surface area contributed by atoms with Crippen LogP contribution in [-0.2, 0) is 14.3 Å². The van der Waals surface area contributed by atoms with Crippen LogP contribution < -0.4 is 5.11 Å². The summed E-state index contributed by atoms with van der Waals surface area (Å²) in [6, 6.07) is 0. The number of carboxylic acid groups (broad SMARTS) is 1. The smallest absolute Gasteiger partial charge is 0.306 e. The molecule has 1 atom stereocenters. The molecule has 0 amide bonds. The fourth-order valence-corrected chi connectivity index (χ4v) is 2.99. The monoisotopic (exact) mass is 383 g/mol. The van der Waals surface area contributed by atoms with E-state index in [9.17, 15) is 14.7 Å². The van der Waals surface area contributed by atoms with Gasteiger partial charge in [-0.1, -0.05) is 51.2 Å². The SMILES string of the molecule is CCCCCCC/C=C/CCCCCC(=O)OC(CC(=O)[O-])C[N+](C)(C)C. The molecule has 0 aliphatic rings. The molecule has 0 bridgehead atoms. The van der Waals surface area contributed by atoms with Crippen LogP contribution >= 0.6 is 0 Å². The highest BCUT2D eigenvalue weighted by Gasteiger charge is 2.22. The van der Waals surface area contributed by atoms with Gasteiger partial charge in [-0.05, 0) is 32.1 Å². The van der Waals surface area contributed by atoms with Crippen molar-refractivity contribution in [2.24, 2.45) is 0 Å². The second-order valence-corrected chi connectivity index (χ2v) is 8.43. The van der Waals surface area contributed by atoms with E-state index >= 15 is 0 Å². The normalized spacial score (nSPS) is 13.0. The molecule has 27 heavy (non-hydrogen) atoms. The Balaban J connectivity index is 3.78. The molecule has 0 radical (unpaired) electrons. The van der Waals surface area contributed by atoms with Gasteiger partial charge < -0.3 is 19.1 Å². The van der Waals surface area contributed by atoms with Gasteiger partial charge in [0.15, 0.2) is 6.10 Å². The molecule has 0 saturated carbocycles. The quantitative estimate of drug-likeness (QED) is 0.167. The van der Waals surface area contributed by atoms with Crippen molar-refractivity contribution < 1.29 is 23.9 Å². The molecular formula is C22H41NO4. The average Bonchev–Trinajstić information content (AvgIpc) is 2.53. The number of quaternary nitrogens is 1. The molecule has 158 valence electrons. The number of carboxylic acids is 1. The lowest BCUT2D eigenvalue weighted by Crippen LogP contribution is -2.45. The topological polar surface area (TPSA) is 66.4 Å². The summed E-state index contributed by atoms with van der Waals surface area (Å²) in [5.41, 5.74) is 0. The van der Waals surface area contributed by atoms with E-state index in [1.165, 1.54) is 38.5 Å². The molecule has 5 heteroatoms. The fourth-order valence-electron chi connectivity index (χ4n) is 2.99. The van der Waals surface area contributed by atoms with Crippen molar-refractivity contribution in [3.8, 4) is 0 Å². The number of carbonyl (C=O) groups is 2. The Hall–Kier alpha value is -1.36. The Kier molecular flexibility index (Phi) is 14.9. The summed E-state index contributed by atoms with van der Waals surface area (Å²) >= 11 is 0. The molecule has 0 N–H and O–H groups in total. The van der Waals surface area contributed by atoms with Gasteiger partial charge in [0, 0.05) is 18.8 Å². The minimum absolute atomic E-state index is 0.246. The van der Waals surface area contributed by atoms with E-state index in [-0.39, 0.29) is 12.4 Å². The zero-order valence-corrected chi connectivity index (χ0v) is 18.0. The fraction of sp³-hybridized carbons (Fsp3) is 0.818. The van der Waals surface area contributed by atoms with Crippen LogP contribution in [-0.4, -0.2) is 50.2 Å². The molecule has 5 nitrogen and oxygen atoms in total. The summed E-state index contributed by atoms with van der Waals surface area (Å²) < 4.78 is 5.89. The molecule has 0 aromatic carbocycles. The third kappa shape index (κ3) is 19.2. The number of likely N-dealkylation sites (N-methyl/N-ethyl adjacent to an activating group) is 1. The first-order valence-corrected chi connectivity index (χ1v) is 10.6. The Morgan fingerprint density at radius 1 is 0.926 bits per heavy atom. The summed E-state index contributed by atoms with van der Waals surface area (Å²) in [6.07, 6.45) is 15.6. The summed E-state index contributed by atoms with van der Waals surface area (Å²) in [5, 5.41) is 10.8. The minimum atomic E-state index is -1.18. The zero-order valence-electron chi connectivity index (χ0n) is 18.0. The summed E-state index contributed by atoms with van der Waals surface area (Å²) in [7, 11) is 5.82. The van der Waals surface area contributed by atoms with Gasteiger partial charge in [0.2, 0.25) is 0 Å². The number of carbonyl (C=O) groups excluding carboxylic acids is 2. The van der Waals surface area contributed by atoms with Gasteiger partial charge in [-0.2, -0.15) is 0 Å². The number of unbranched alkanes of at least 4 members (excludes halogenated alkanes) is 8. The van der Waals surface area contributed by atoms with Crippen molar-refractivity contribution in [3.63, 3.8) is 0 Å². The van der Waals surface area contributed by atoms with Crippen LogP contribution in [0.3, 0.4) is 0 Å². The van der Waals surface area contributed by atoms with E-state index < -0.39 is 12.1 Å². The van der Waals surface area contributed by atoms with Gasteiger partial charge in [0.25, 0.3) is 0 Å². The number of hydrogen-bond donors (Lipinski definition) is 0. The summed E-state index contributed by atoms with van der Waals surface area (Å²) in [5.74, 6) is -1.49. The average molecular weight is 384 g/mol. The first kappa shape index (κ1) is 25.6. The molecule has 0 aromatic rings. The Labute approximate surface area is 166 Å². The van der Waals surface area contributed by atoms with Gasteiger partial charge in [0.05, 0.1) is 21.1 Å². The molecule has 0 spiro atoms. The highest BCUT2D eigenvalue weighted by atomic mass is 16.5. The van der Waals surface area contributed by atoms with Crippen LogP contribution in [0, 0.1) is 0 Å². The lowest BCUT2D eigenvalue weighted by molar-refractivity contribution is -0.873. The Morgan fingerprint density at radius 2 is 1.48 bits per heavy atom. The predicted molar refractivity (Wildman–Crippen MR) is 108 cm³/mol. The number of ether oxygens (including phenoxy) is 1. The van der Waals surface area contributed by atoms with Crippen LogP contribution in [0.2, 0.25) is 0 Å². The molecule has 1 unspecified atom stereocenters. The zero-order chi connectivity index (χ0) is 20.5. The van der Waals surface area contributed by atoms with Crippen molar-refractivity contribution in [3.05, 3.63) is 12.2 Å². The molecule has 0 fully saturated rings. The third-order valence-electron chi connectivity index (χ3n) is 4.34. The number of rotatable bonds is 17. The van der Waals surface area contributed by atoms with E-state index in [2.05, 4.69) is 19.1 Å². The molecule has 0 aliphatic carbocycles. The molecule has 0 aromatic heterocycles. The van der Waals surface area contributed by atoms with Crippen molar-refractivity contribution >= 4 is 11.9 Å². The van der Waals surface area contributed by atoms with E-state index in [0.717, 1.165) is 25.7 Å². The van der Waals surface area contributed by atoms with E-state index in [1.54, 1.807) is 0 Å². The van der Waals surface area contributed by atoms with Crippen molar-refractivity contribution in [2.75, 3.05) is 27.7 Å². The molecule has 0 aliphatic heterocycles. The summed E-state index contributed by atoms with van der Waals surface area (Å²) in [6.45, 7) is 2.69. The van der Waals surface area contributed by atoms with Crippen LogP contribution in [0.5, 0.6) is 0 Å². The number of hydrogen-bond acceptors (Lipinski definition) is 4. The van der Waals surface area contributed by atoms with Gasteiger partial charge >= 0.3 is 5.97 Å². The maximum absolute atomic E-state index is 11.9. The van der Waals surface area contributed by atoms with Crippen molar-refractivity contribution in [1.82, 2.24) is 0 Å². The predicted octanol–water partition coefficient (Wildman–Crippen LogP) is 3.61. The van der Waals surface area contributed by atoms with Gasteiger partial charge in [-0.3, -0.25) is 4.79 Å². The number of allylic oxidation sites excluding steroid dienone is 2. The highest BCUT2D eigenvalue weighted by Crippen LogP contribution is 2.10. The largest absolute Gasteiger partial charge is 0.550 e. The van der Waals surface area contributed by atoms with Crippen LogP contribution in [0.25, 0.3) is 0 Å². The number of esters is 1. The molecule has 0 saturated heterocycles. The maximum atomic E-state index is 11.9. The molecule has 0 heterocycles. The lowest BCUT2D eigenvalue weighted by atomic mass is 10.1. The summed E-state index contributed by atoms with van der Waals surface area (Å²) in [4.78, 5) is 22.8. The minimum Gasteiger partial charge on any atom is -0.550 e. The third-order valence-corrected chi connectivity index (χ3v) is 4.34. The maximum Gasteiger partial charge on any atom is 0.306 e. The second kappa shape index (κ2) is 15.7. The second-order valence-electron chi connectivity index (χ2n) is 8.43. The van der Waals surface area contributed by atoms with E-state index in [1.807, 2.05) is 21.1 Å². The molecular weight excluding hydrogens is 342 g/mol. The van der Waals surface area contributed by atoms with Crippen LogP contribution in [0.15, 0.2) is 12.2 Å². The van der Waals surface area contributed by atoms with Crippen molar-refractivity contribution in [2.45, 2.75) is 90.1 Å². The standard InChI is InChI=1S/C22H41NO4/c1-5-6-7-8-9-10-11-12-13-14-15-16-17-22(26)27-20(18-21(24)25)19-23(2,3)4/h11-12,20H,5-10,13-19H2,1-4H3/b12-11+. The van der Waals surface area contributed by atoms with Gasteiger partial charge in [0.1, 0.15) is 6.54 Å². The highest BCUT2D eigenvalue weighted by molar-refractivity contribution is 5.70. The van der Waals surface area contributed by atoms with Gasteiger partial charge in [-0.25, -0.2) is 0 Å². The Morgan fingerprint density at radius 3 is 2.00 bits per heavy atom.